The highest BCUT2D eigenvalue weighted by molar-refractivity contribution is 9.09. The van der Waals surface area contributed by atoms with E-state index in [4.69, 9.17) is 25.8 Å². The smallest absolute Gasteiger partial charge is 0.161 e. The van der Waals surface area contributed by atoms with E-state index in [0.717, 1.165) is 22.8 Å². The van der Waals surface area contributed by atoms with E-state index >= 15 is 0 Å². The fraction of sp³-hybridized carbons (Fsp3) is 0.250. The highest BCUT2D eigenvalue weighted by atomic mass is 79.9. The summed E-state index contributed by atoms with van der Waals surface area (Å²) in [5.74, 6) is 2.29. The summed E-state index contributed by atoms with van der Waals surface area (Å²) in [5.41, 5.74) is 0.943. The van der Waals surface area contributed by atoms with Crippen LogP contribution in [-0.4, -0.2) is 19.8 Å². The van der Waals surface area contributed by atoms with Crippen LogP contribution in [0.3, 0.4) is 0 Å². The Hall–Kier alpha value is -1.39. The van der Waals surface area contributed by atoms with Crippen LogP contribution < -0.4 is 14.2 Å². The first-order valence-electron chi connectivity index (χ1n) is 6.55. The molecule has 0 spiro atoms. The second kappa shape index (κ2) is 6.16. The van der Waals surface area contributed by atoms with Gasteiger partial charge in [0.25, 0.3) is 0 Å². The summed E-state index contributed by atoms with van der Waals surface area (Å²) in [4.78, 5) is -0.0838. The summed E-state index contributed by atoms with van der Waals surface area (Å²) in [5, 5.41) is 0.660. The monoisotopic (exact) mass is 368 g/mol. The van der Waals surface area contributed by atoms with E-state index in [1.807, 2.05) is 36.4 Å². The highest BCUT2D eigenvalue weighted by Crippen LogP contribution is 2.40. The van der Waals surface area contributed by atoms with E-state index in [1.54, 1.807) is 13.2 Å². The fourth-order valence-electron chi connectivity index (χ4n) is 2.30. The zero-order valence-corrected chi connectivity index (χ0v) is 13.7. The number of halogens is 2. The molecule has 0 aromatic heterocycles. The molecule has 21 heavy (non-hydrogen) atoms. The van der Waals surface area contributed by atoms with Gasteiger partial charge in [-0.1, -0.05) is 39.7 Å². The maximum atomic E-state index is 6.09. The summed E-state index contributed by atoms with van der Waals surface area (Å²) in [6, 6.07) is 13.2. The van der Waals surface area contributed by atoms with Crippen LogP contribution in [0.2, 0.25) is 5.02 Å². The molecule has 2 aromatic rings. The van der Waals surface area contributed by atoms with Gasteiger partial charge in [-0.05, 0) is 30.3 Å². The predicted molar refractivity (Wildman–Crippen MR) is 86.0 cm³/mol. The van der Waals surface area contributed by atoms with Gasteiger partial charge in [-0.3, -0.25) is 0 Å². The van der Waals surface area contributed by atoms with Crippen molar-refractivity contribution in [3.8, 4) is 17.2 Å². The third-order valence-corrected chi connectivity index (χ3v) is 4.66. The molecule has 0 amide bonds. The molecule has 1 aliphatic heterocycles. The van der Waals surface area contributed by atoms with E-state index in [2.05, 4.69) is 15.9 Å². The van der Waals surface area contributed by atoms with Crippen molar-refractivity contribution >= 4 is 27.5 Å². The van der Waals surface area contributed by atoms with Crippen molar-refractivity contribution in [3.05, 3.63) is 53.1 Å². The minimum absolute atomic E-state index is 0.0838. The summed E-state index contributed by atoms with van der Waals surface area (Å²) in [6.07, 6.45) is -0.160. The molecule has 1 aliphatic rings. The van der Waals surface area contributed by atoms with Gasteiger partial charge in [-0.15, -0.1) is 0 Å². The number of ether oxygens (including phenoxy) is 3. The molecule has 3 nitrogen and oxygen atoms in total. The molecule has 110 valence electrons. The maximum absolute atomic E-state index is 6.09. The van der Waals surface area contributed by atoms with Crippen LogP contribution in [0.1, 0.15) is 10.4 Å². The van der Waals surface area contributed by atoms with E-state index in [-0.39, 0.29) is 10.9 Å². The topological polar surface area (TPSA) is 27.7 Å². The maximum Gasteiger partial charge on any atom is 0.161 e. The zero-order chi connectivity index (χ0) is 14.8. The number of hydrogen-bond acceptors (Lipinski definition) is 3. The Morgan fingerprint density at radius 2 is 2.00 bits per heavy atom. The number of rotatable bonds is 3. The lowest BCUT2D eigenvalue weighted by atomic mass is 10.1. The standard InChI is InChI=1S/C16H14BrClO3/c1-19-12-7-6-10(18)8-11(12)16(17)15-9-20-13-4-2-3-5-14(13)21-15/h2-8,15-16H,9H2,1H3. The number of hydrogen-bond donors (Lipinski definition) is 0. The van der Waals surface area contributed by atoms with Gasteiger partial charge in [-0.2, -0.15) is 0 Å². The molecule has 5 heteroatoms. The number of para-hydroxylation sites is 2. The number of alkyl halides is 1. The first kappa shape index (κ1) is 14.5. The van der Waals surface area contributed by atoms with Gasteiger partial charge < -0.3 is 14.2 Å². The molecular weight excluding hydrogens is 356 g/mol. The van der Waals surface area contributed by atoms with E-state index in [9.17, 15) is 0 Å². The van der Waals surface area contributed by atoms with Crippen molar-refractivity contribution in [3.63, 3.8) is 0 Å². The first-order chi connectivity index (χ1) is 10.2. The van der Waals surface area contributed by atoms with Gasteiger partial charge in [0.15, 0.2) is 11.5 Å². The molecule has 3 rings (SSSR count). The van der Waals surface area contributed by atoms with Gasteiger partial charge in [0.1, 0.15) is 18.5 Å². The summed E-state index contributed by atoms with van der Waals surface area (Å²) in [6.45, 7) is 0.461. The normalized spacial score (nSPS) is 18.1. The molecular formula is C16H14BrClO3. The molecule has 0 N–H and O–H groups in total. The average Bonchev–Trinajstić information content (AvgIpc) is 2.53. The predicted octanol–water partition coefficient (Wildman–Crippen LogP) is 4.62. The largest absolute Gasteiger partial charge is 0.496 e. The van der Waals surface area contributed by atoms with Crippen LogP contribution in [0, 0.1) is 0 Å². The Labute approximate surface area is 136 Å². The van der Waals surface area contributed by atoms with E-state index in [0.29, 0.717) is 11.6 Å². The van der Waals surface area contributed by atoms with Crippen LogP contribution >= 0.6 is 27.5 Å². The van der Waals surface area contributed by atoms with Crippen molar-refractivity contribution in [2.75, 3.05) is 13.7 Å². The fourth-order valence-corrected chi connectivity index (χ4v) is 3.10. The van der Waals surface area contributed by atoms with Gasteiger partial charge in [0.2, 0.25) is 0 Å². The molecule has 0 radical (unpaired) electrons. The second-order valence-corrected chi connectivity index (χ2v) is 6.13. The number of methoxy groups -OCH3 is 1. The Balaban J connectivity index is 1.87. The van der Waals surface area contributed by atoms with Crippen molar-refractivity contribution in [2.45, 2.75) is 10.9 Å². The molecule has 2 atom stereocenters. The lowest BCUT2D eigenvalue weighted by Crippen LogP contribution is -2.32. The minimum atomic E-state index is -0.160. The Morgan fingerprint density at radius 1 is 1.24 bits per heavy atom. The van der Waals surface area contributed by atoms with Crippen LogP contribution in [0.25, 0.3) is 0 Å². The van der Waals surface area contributed by atoms with Crippen LogP contribution in [0.15, 0.2) is 42.5 Å². The average molecular weight is 370 g/mol. The summed E-state index contributed by atoms with van der Waals surface area (Å²) >= 11 is 9.77. The molecule has 0 aliphatic carbocycles. The number of benzene rings is 2. The van der Waals surface area contributed by atoms with Crippen LogP contribution in [0.4, 0.5) is 0 Å². The van der Waals surface area contributed by atoms with Crippen LogP contribution in [-0.2, 0) is 0 Å². The van der Waals surface area contributed by atoms with E-state index < -0.39 is 0 Å². The molecule has 2 aromatic carbocycles. The minimum Gasteiger partial charge on any atom is -0.496 e. The molecule has 0 fully saturated rings. The van der Waals surface area contributed by atoms with Crippen molar-refractivity contribution in [1.82, 2.24) is 0 Å². The Morgan fingerprint density at radius 3 is 2.76 bits per heavy atom. The van der Waals surface area contributed by atoms with Gasteiger partial charge in [0, 0.05) is 10.6 Å². The van der Waals surface area contributed by atoms with Crippen molar-refractivity contribution in [2.24, 2.45) is 0 Å². The Bertz CT molecular complexity index is 647. The van der Waals surface area contributed by atoms with Crippen LogP contribution in [0.5, 0.6) is 17.2 Å². The molecule has 0 bridgehead atoms. The molecule has 0 saturated heterocycles. The zero-order valence-electron chi connectivity index (χ0n) is 11.4. The third kappa shape index (κ3) is 2.97. The molecule has 0 saturated carbocycles. The Kier molecular flexibility index (Phi) is 4.27. The van der Waals surface area contributed by atoms with Gasteiger partial charge >= 0.3 is 0 Å². The van der Waals surface area contributed by atoms with Crippen molar-refractivity contribution < 1.29 is 14.2 Å². The second-order valence-electron chi connectivity index (χ2n) is 4.70. The van der Waals surface area contributed by atoms with Gasteiger partial charge in [0.05, 0.1) is 11.9 Å². The highest BCUT2D eigenvalue weighted by Gasteiger charge is 2.30. The first-order valence-corrected chi connectivity index (χ1v) is 7.84. The quantitative estimate of drug-likeness (QED) is 0.739. The SMILES string of the molecule is COc1ccc(Cl)cc1C(Br)C1COc2ccccc2O1. The molecule has 1 heterocycles. The molecule has 2 unspecified atom stereocenters. The van der Waals surface area contributed by atoms with E-state index in [1.165, 1.54) is 0 Å². The lowest BCUT2D eigenvalue weighted by molar-refractivity contribution is 0.0900. The summed E-state index contributed by atoms with van der Waals surface area (Å²) in [7, 11) is 1.64. The van der Waals surface area contributed by atoms with Crippen molar-refractivity contribution in [1.29, 1.82) is 0 Å². The number of fused-ring (bicyclic) bond motifs is 1. The van der Waals surface area contributed by atoms with Gasteiger partial charge in [-0.25, -0.2) is 0 Å². The third-order valence-electron chi connectivity index (χ3n) is 3.35. The summed E-state index contributed by atoms with van der Waals surface area (Å²) < 4.78 is 17.2. The lowest BCUT2D eigenvalue weighted by Gasteiger charge is -2.30.